The third kappa shape index (κ3) is 1.34. The van der Waals surface area contributed by atoms with Crippen molar-refractivity contribution in [2.45, 2.75) is 38.6 Å². The molecule has 0 saturated carbocycles. The van der Waals surface area contributed by atoms with Crippen molar-refractivity contribution < 1.29 is 4.74 Å². The van der Waals surface area contributed by atoms with Crippen LogP contribution in [0.5, 0.6) is 0 Å². The Morgan fingerprint density at radius 3 is 3.24 bits per heavy atom. The fraction of sp³-hybridized carbons (Fsp3) is 0.615. The average Bonchev–Trinajstić information content (AvgIpc) is 2.88. The quantitative estimate of drug-likeness (QED) is 0.718. The van der Waals surface area contributed by atoms with Gasteiger partial charge in [0, 0.05) is 30.7 Å². The van der Waals surface area contributed by atoms with Crippen LogP contribution in [-0.2, 0) is 24.4 Å². The first kappa shape index (κ1) is 9.85. The van der Waals surface area contributed by atoms with E-state index in [1.54, 1.807) is 0 Å². The highest BCUT2D eigenvalue weighted by atomic mass is 16.5. The molecule has 4 heterocycles. The number of anilines is 1. The lowest BCUT2D eigenvalue weighted by molar-refractivity contribution is 0.133. The molecule has 0 aliphatic carbocycles. The van der Waals surface area contributed by atoms with Crippen LogP contribution in [0.3, 0.4) is 0 Å². The average molecular weight is 231 g/mol. The number of hydrogen-bond donors (Lipinski definition) is 1. The van der Waals surface area contributed by atoms with Crippen molar-refractivity contribution in [3.8, 4) is 0 Å². The Kier molecular flexibility index (Phi) is 1.99. The summed E-state index contributed by atoms with van der Waals surface area (Å²) < 4.78 is 5.46. The fourth-order valence-electron chi connectivity index (χ4n) is 3.33. The van der Waals surface area contributed by atoms with Gasteiger partial charge in [0.2, 0.25) is 0 Å². The summed E-state index contributed by atoms with van der Waals surface area (Å²) in [6.45, 7) is 5.86. The number of pyridine rings is 1. The molecule has 2 unspecified atom stereocenters. The van der Waals surface area contributed by atoms with Crippen molar-refractivity contribution in [3.63, 3.8) is 0 Å². The molecule has 1 N–H and O–H groups in total. The van der Waals surface area contributed by atoms with Gasteiger partial charge in [-0.25, -0.2) is 4.98 Å². The van der Waals surface area contributed by atoms with Crippen LogP contribution in [0.25, 0.3) is 0 Å². The lowest BCUT2D eigenvalue weighted by Crippen LogP contribution is -2.55. The molecule has 3 aliphatic heterocycles. The summed E-state index contributed by atoms with van der Waals surface area (Å²) in [5, 5.41) is 3.50. The fourth-order valence-corrected chi connectivity index (χ4v) is 3.33. The first-order valence-electron chi connectivity index (χ1n) is 6.41. The van der Waals surface area contributed by atoms with Crippen LogP contribution >= 0.6 is 0 Å². The highest BCUT2D eigenvalue weighted by Crippen LogP contribution is 2.36. The molecule has 0 spiro atoms. The molecular formula is C13H17N3O. The molecule has 90 valence electrons. The maximum absolute atomic E-state index is 5.46. The number of nitrogens with zero attached hydrogens (tertiary/aromatic N) is 2. The van der Waals surface area contributed by atoms with Crippen LogP contribution in [0.2, 0.25) is 0 Å². The lowest BCUT2D eigenvalue weighted by Gasteiger charge is -2.37. The Labute approximate surface area is 101 Å². The maximum Gasteiger partial charge on any atom is 0.132 e. The van der Waals surface area contributed by atoms with Crippen LogP contribution in [0.4, 0.5) is 5.82 Å². The molecule has 1 aromatic heterocycles. The largest absolute Gasteiger partial charge is 0.370 e. The summed E-state index contributed by atoms with van der Waals surface area (Å²) in [6, 6.07) is 3.46. The summed E-state index contributed by atoms with van der Waals surface area (Å²) in [4.78, 5) is 7.35. The van der Waals surface area contributed by atoms with Gasteiger partial charge in [0.1, 0.15) is 5.82 Å². The minimum absolute atomic E-state index is 0.544. The molecule has 17 heavy (non-hydrogen) atoms. The van der Waals surface area contributed by atoms with E-state index in [2.05, 4.69) is 23.2 Å². The topological polar surface area (TPSA) is 37.4 Å². The molecule has 0 amide bonds. The van der Waals surface area contributed by atoms with E-state index >= 15 is 0 Å². The SMILES string of the molecule is CC1CNCC2Cc3cc4c(nc3N12)COC4. The number of nitrogens with one attached hydrogen (secondary N) is 1. The molecule has 1 aromatic rings. The van der Waals surface area contributed by atoms with Gasteiger partial charge in [-0.1, -0.05) is 0 Å². The standard InChI is InChI=1S/C13H17N3O/c1-8-4-14-5-11-3-9-2-10-6-17-7-12(10)15-13(9)16(8)11/h2,8,11,14H,3-7H2,1H3. The molecule has 1 saturated heterocycles. The third-order valence-electron chi connectivity index (χ3n) is 4.13. The smallest absolute Gasteiger partial charge is 0.132 e. The van der Waals surface area contributed by atoms with Crippen molar-refractivity contribution in [3.05, 3.63) is 22.9 Å². The predicted molar refractivity (Wildman–Crippen MR) is 65.0 cm³/mol. The summed E-state index contributed by atoms with van der Waals surface area (Å²) in [7, 11) is 0. The van der Waals surface area contributed by atoms with Gasteiger partial charge < -0.3 is 15.0 Å². The molecule has 1 fully saturated rings. The molecule has 2 atom stereocenters. The van der Waals surface area contributed by atoms with Crippen molar-refractivity contribution in [1.29, 1.82) is 0 Å². The monoisotopic (exact) mass is 231 g/mol. The number of piperazine rings is 1. The Morgan fingerprint density at radius 1 is 1.35 bits per heavy atom. The molecule has 0 radical (unpaired) electrons. The number of hydrogen-bond acceptors (Lipinski definition) is 4. The molecule has 0 bridgehead atoms. The molecular weight excluding hydrogens is 214 g/mol. The first-order valence-corrected chi connectivity index (χ1v) is 6.41. The second-order valence-electron chi connectivity index (χ2n) is 5.34. The Bertz CT molecular complexity index is 474. The van der Waals surface area contributed by atoms with E-state index in [9.17, 15) is 0 Å². The van der Waals surface area contributed by atoms with Crippen LogP contribution in [-0.4, -0.2) is 30.2 Å². The predicted octanol–water partition coefficient (Wildman–Crippen LogP) is 0.835. The zero-order chi connectivity index (χ0) is 11.4. The molecule has 4 nitrogen and oxygen atoms in total. The number of rotatable bonds is 0. The second kappa shape index (κ2) is 3.43. The van der Waals surface area contributed by atoms with E-state index < -0.39 is 0 Å². The van der Waals surface area contributed by atoms with E-state index in [4.69, 9.17) is 9.72 Å². The van der Waals surface area contributed by atoms with Crippen molar-refractivity contribution >= 4 is 5.82 Å². The van der Waals surface area contributed by atoms with Crippen LogP contribution in [0.15, 0.2) is 6.07 Å². The van der Waals surface area contributed by atoms with E-state index in [0.717, 1.165) is 31.8 Å². The second-order valence-corrected chi connectivity index (χ2v) is 5.34. The van der Waals surface area contributed by atoms with Crippen molar-refractivity contribution in [1.82, 2.24) is 10.3 Å². The van der Waals surface area contributed by atoms with E-state index in [0.29, 0.717) is 18.7 Å². The first-order chi connectivity index (χ1) is 8.33. The van der Waals surface area contributed by atoms with Gasteiger partial charge in [0.25, 0.3) is 0 Å². The highest BCUT2D eigenvalue weighted by Gasteiger charge is 2.37. The molecule has 0 aromatic carbocycles. The minimum Gasteiger partial charge on any atom is -0.370 e. The summed E-state index contributed by atoms with van der Waals surface area (Å²) in [6.07, 6.45) is 1.13. The van der Waals surface area contributed by atoms with Crippen LogP contribution in [0, 0.1) is 0 Å². The van der Waals surface area contributed by atoms with Gasteiger partial charge in [0.15, 0.2) is 0 Å². The molecule has 4 heteroatoms. The molecule has 4 rings (SSSR count). The Hall–Kier alpha value is -1.13. The summed E-state index contributed by atoms with van der Waals surface area (Å²) in [5.41, 5.74) is 3.86. The minimum atomic E-state index is 0.544. The van der Waals surface area contributed by atoms with Crippen molar-refractivity contribution in [2.75, 3.05) is 18.0 Å². The van der Waals surface area contributed by atoms with Crippen LogP contribution in [0.1, 0.15) is 23.7 Å². The van der Waals surface area contributed by atoms with E-state index in [1.807, 2.05) is 0 Å². The van der Waals surface area contributed by atoms with Gasteiger partial charge in [-0.15, -0.1) is 0 Å². The number of fused-ring (bicyclic) bond motifs is 4. The van der Waals surface area contributed by atoms with Gasteiger partial charge in [0.05, 0.1) is 18.9 Å². The zero-order valence-corrected chi connectivity index (χ0v) is 10.1. The van der Waals surface area contributed by atoms with Crippen LogP contribution < -0.4 is 10.2 Å². The van der Waals surface area contributed by atoms with Crippen molar-refractivity contribution in [2.24, 2.45) is 0 Å². The van der Waals surface area contributed by atoms with Gasteiger partial charge >= 0.3 is 0 Å². The summed E-state index contributed by atoms with van der Waals surface area (Å²) >= 11 is 0. The maximum atomic E-state index is 5.46. The Balaban J connectivity index is 1.81. The molecule has 3 aliphatic rings. The third-order valence-corrected chi connectivity index (χ3v) is 4.13. The normalized spacial score (nSPS) is 30.1. The number of aromatic nitrogens is 1. The van der Waals surface area contributed by atoms with E-state index in [-0.39, 0.29) is 0 Å². The number of ether oxygens (including phenoxy) is 1. The Morgan fingerprint density at radius 2 is 2.29 bits per heavy atom. The van der Waals surface area contributed by atoms with Gasteiger partial charge in [-0.3, -0.25) is 0 Å². The van der Waals surface area contributed by atoms with Gasteiger partial charge in [-0.2, -0.15) is 0 Å². The lowest BCUT2D eigenvalue weighted by atomic mass is 10.1. The zero-order valence-electron chi connectivity index (χ0n) is 10.1. The van der Waals surface area contributed by atoms with Gasteiger partial charge in [-0.05, 0) is 25.0 Å². The summed E-state index contributed by atoms with van der Waals surface area (Å²) in [5.74, 6) is 1.22. The highest BCUT2D eigenvalue weighted by molar-refractivity contribution is 5.57. The van der Waals surface area contributed by atoms with E-state index in [1.165, 1.54) is 16.9 Å².